The van der Waals surface area contributed by atoms with Gasteiger partial charge in [0, 0.05) is 11.9 Å². The Kier molecular flexibility index (Phi) is 5.46. The predicted octanol–water partition coefficient (Wildman–Crippen LogP) is 2.90. The van der Waals surface area contributed by atoms with Gasteiger partial charge >= 0.3 is 5.97 Å². The van der Waals surface area contributed by atoms with Crippen molar-refractivity contribution in [2.45, 2.75) is 13.3 Å². The zero-order valence-electron chi connectivity index (χ0n) is 11.9. The van der Waals surface area contributed by atoms with Crippen molar-refractivity contribution in [3.8, 4) is 9.88 Å². The molecule has 2 aromatic rings. The third kappa shape index (κ3) is 3.89. The van der Waals surface area contributed by atoms with E-state index in [1.165, 1.54) is 23.3 Å². The molecule has 1 amide bonds. The number of rotatable bonds is 6. The van der Waals surface area contributed by atoms with Crippen LogP contribution in [-0.4, -0.2) is 42.0 Å². The maximum atomic E-state index is 12.4. The van der Waals surface area contributed by atoms with Gasteiger partial charge in [0.05, 0.1) is 12.0 Å². The summed E-state index contributed by atoms with van der Waals surface area (Å²) < 4.78 is 4.63. The Labute approximate surface area is 131 Å². The Bertz CT molecular complexity index is 608. The highest BCUT2D eigenvalue weighted by molar-refractivity contribution is 7.20. The number of nitrogens with zero attached hydrogens (tertiary/aromatic N) is 2. The van der Waals surface area contributed by atoms with E-state index in [4.69, 9.17) is 0 Å². The van der Waals surface area contributed by atoms with Crippen LogP contribution >= 0.6 is 22.7 Å². The van der Waals surface area contributed by atoms with Gasteiger partial charge in [-0.25, -0.2) is 4.98 Å². The first-order valence-corrected chi connectivity index (χ1v) is 8.27. The third-order valence-corrected chi connectivity index (χ3v) is 4.66. The smallest absolute Gasteiger partial charge is 0.325 e. The topological polar surface area (TPSA) is 59.5 Å². The van der Waals surface area contributed by atoms with Crippen LogP contribution in [0.1, 0.15) is 23.8 Å². The highest BCUT2D eigenvalue weighted by Gasteiger charge is 2.21. The maximum Gasteiger partial charge on any atom is 0.325 e. The summed E-state index contributed by atoms with van der Waals surface area (Å²) in [5.74, 6) is -0.660. The first-order valence-electron chi connectivity index (χ1n) is 6.51. The highest BCUT2D eigenvalue weighted by atomic mass is 32.1. The van der Waals surface area contributed by atoms with Crippen LogP contribution in [0.4, 0.5) is 0 Å². The molecule has 5 nitrogen and oxygen atoms in total. The number of esters is 1. The van der Waals surface area contributed by atoms with Crippen molar-refractivity contribution in [1.82, 2.24) is 9.88 Å². The fourth-order valence-corrected chi connectivity index (χ4v) is 3.40. The minimum absolute atomic E-state index is 0.0466. The Hall–Kier alpha value is -1.73. The van der Waals surface area contributed by atoms with E-state index in [0.717, 1.165) is 16.3 Å². The Morgan fingerprint density at radius 1 is 1.38 bits per heavy atom. The SMILES string of the molecule is CCCN(CC(=O)OC)C(=O)c1csc(-c2cccs2)n1. The van der Waals surface area contributed by atoms with Gasteiger partial charge in [-0.2, -0.15) is 0 Å². The van der Waals surface area contributed by atoms with Crippen molar-refractivity contribution in [3.63, 3.8) is 0 Å². The number of thiophene rings is 1. The van der Waals surface area contributed by atoms with Gasteiger partial charge in [0.25, 0.3) is 5.91 Å². The monoisotopic (exact) mass is 324 g/mol. The molecular weight excluding hydrogens is 308 g/mol. The molecule has 0 fully saturated rings. The van der Waals surface area contributed by atoms with Gasteiger partial charge in [-0.3, -0.25) is 9.59 Å². The lowest BCUT2D eigenvalue weighted by Crippen LogP contribution is -2.37. The van der Waals surface area contributed by atoms with E-state index in [1.807, 2.05) is 24.4 Å². The van der Waals surface area contributed by atoms with E-state index in [0.29, 0.717) is 12.2 Å². The van der Waals surface area contributed by atoms with Crippen molar-refractivity contribution >= 4 is 34.6 Å². The molecule has 0 bridgehead atoms. The molecule has 7 heteroatoms. The maximum absolute atomic E-state index is 12.4. The van der Waals surface area contributed by atoms with E-state index in [-0.39, 0.29) is 12.5 Å². The van der Waals surface area contributed by atoms with Crippen molar-refractivity contribution in [1.29, 1.82) is 0 Å². The molecule has 0 atom stereocenters. The second-order valence-electron chi connectivity index (χ2n) is 4.32. The molecule has 0 aliphatic carbocycles. The number of thiazole rings is 1. The van der Waals surface area contributed by atoms with Gasteiger partial charge in [-0.05, 0) is 17.9 Å². The fraction of sp³-hybridized carbons (Fsp3) is 0.357. The van der Waals surface area contributed by atoms with Crippen LogP contribution in [0.2, 0.25) is 0 Å². The van der Waals surface area contributed by atoms with E-state index in [1.54, 1.807) is 16.7 Å². The lowest BCUT2D eigenvalue weighted by molar-refractivity contribution is -0.141. The molecule has 0 saturated carbocycles. The van der Waals surface area contributed by atoms with Gasteiger partial charge in [0.15, 0.2) is 0 Å². The van der Waals surface area contributed by atoms with Crippen LogP contribution in [-0.2, 0) is 9.53 Å². The van der Waals surface area contributed by atoms with Gasteiger partial charge in [-0.15, -0.1) is 22.7 Å². The summed E-state index contributed by atoms with van der Waals surface area (Å²) in [7, 11) is 1.31. The number of amides is 1. The van der Waals surface area contributed by atoms with Crippen LogP contribution in [0.5, 0.6) is 0 Å². The summed E-state index contributed by atoms with van der Waals surface area (Å²) in [6.07, 6.45) is 0.769. The number of hydrogen-bond acceptors (Lipinski definition) is 6. The van der Waals surface area contributed by atoms with Crippen LogP contribution in [0, 0.1) is 0 Å². The molecule has 0 N–H and O–H groups in total. The quantitative estimate of drug-likeness (QED) is 0.767. The van der Waals surface area contributed by atoms with E-state index in [9.17, 15) is 9.59 Å². The highest BCUT2D eigenvalue weighted by Crippen LogP contribution is 2.28. The van der Waals surface area contributed by atoms with Gasteiger partial charge < -0.3 is 9.64 Å². The Morgan fingerprint density at radius 3 is 2.81 bits per heavy atom. The number of ether oxygens (including phenoxy) is 1. The third-order valence-electron chi connectivity index (χ3n) is 2.78. The Morgan fingerprint density at radius 2 is 2.19 bits per heavy atom. The van der Waals surface area contributed by atoms with Gasteiger partial charge in [-0.1, -0.05) is 13.0 Å². The van der Waals surface area contributed by atoms with Crippen LogP contribution < -0.4 is 0 Å². The zero-order valence-corrected chi connectivity index (χ0v) is 13.5. The number of carbonyl (C=O) groups excluding carboxylic acids is 2. The molecule has 2 aromatic heterocycles. The lowest BCUT2D eigenvalue weighted by Gasteiger charge is -2.19. The zero-order chi connectivity index (χ0) is 15.2. The largest absolute Gasteiger partial charge is 0.468 e. The number of aromatic nitrogens is 1. The van der Waals surface area contributed by atoms with Crippen molar-refractivity contribution in [2.24, 2.45) is 0 Å². The molecule has 0 aromatic carbocycles. The average molecular weight is 324 g/mol. The van der Waals surface area contributed by atoms with E-state index < -0.39 is 5.97 Å². The van der Waals surface area contributed by atoms with Gasteiger partial charge in [0.1, 0.15) is 17.2 Å². The summed E-state index contributed by atoms with van der Waals surface area (Å²) in [6, 6.07) is 3.92. The molecule has 0 aliphatic heterocycles. The molecule has 112 valence electrons. The molecular formula is C14H16N2O3S2. The second kappa shape index (κ2) is 7.33. The molecule has 0 aliphatic rings. The van der Waals surface area contributed by atoms with Crippen molar-refractivity contribution in [3.05, 3.63) is 28.6 Å². The van der Waals surface area contributed by atoms with E-state index >= 15 is 0 Å². The number of carbonyl (C=O) groups is 2. The average Bonchev–Trinajstić information content (AvgIpc) is 3.16. The second-order valence-corrected chi connectivity index (χ2v) is 6.12. The molecule has 0 saturated heterocycles. The molecule has 0 spiro atoms. The normalized spacial score (nSPS) is 10.4. The number of methoxy groups -OCH3 is 1. The molecule has 21 heavy (non-hydrogen) atoms. The summed E-state index contributed by atoms with van der Waals surface area (Å²) in [6.45, 7) is 2.41. The first kappa shape index (κ1) is 15.7. The van der Waals surface area contributed by atoms with Crippen molar-refractivity contribution in [2.75, 3.05) is 20.2 Å². The molecule has 0 radical (unpaired) electrons. The van der Waals surface area contributed by atoms with E-state index in [2.05, 4.69) is 9.72 Å². The van der Waals surface area contributed by atoms with Crippen molar-refractivity contribution < 1.29 is 14.3 Å². The van der Waals surface area contributed by atoms with Crippen LogP contribution in [0.3, 0.4) is 0 Å². The Balaban J connectivity index is 2.15. The minimum atomic E-state index is -0.425. The standard InChI is InChI=1S/C14H16N2O3S2/c1-3-6-16(8-12(17)19-2)14(18)10-9-21-13(15-10)11-5-4-7-20-11/h4-5,7,9H,3,6,8H2,1-2H3. The van der Waals surface area contributed by atoms with Crippen LogP contribution in [0.25, 0.3) is 9.88 Å². The summed E-state index contributed by atoms with van der Waals surface area (Å²) in [5, 5.41) is 4.53. The molecule has 0 unspecified atom stereocenters. The summed E-state index contributed by atoms with van der Waals surface area (Å²) in [4.78, 5) is 30.7. The number of hydrogen-bond donors (Lipinski definition) is 0. The predicted molar refractivity (Wildman–Crippen MR) is 83.6 cm³/mol. The first-order chi connectivity index (χ1) is 10.2. The summed E-state index contributed by atoms with van der Waals surface area (Å²) in [5.41, 5.74) is 0.376. The minimum Gasteiger partial charge on any atom is -0.468 e. The summed E-state index contributed by atoms with van der Waals surface area (Å²) >= 11 is 3.01. The fourth-order valence-electron chi connectivity index (χ4n) is 1.79. The molecule has 2 heterocycles. The van der Waals surface area contributed by atoms with Gasteiger partial charge in [0.2, 0.25) is 0 Å². The molecule has 2 rings (SSSR count). The lowest BCUT2D eigenvalue weighted by atomic mass is 10.3. The van der Waals surface area contributed by atoms with Crippen LogP contribution in [0.15, 0.2) is 22.9 Å².